The number of hydrogen-bond donors (Lipinski definition) is 0. The van der Waals surface area contributed by atoms with Gasteiger partial charge in [-0.05, 0) is 0 Å². The molecule has 0 N–H and O–H groups in total. The Morgan fingerprint density at radius 2 is 1.04 bits per heavy atom. The van der Waals surface area contributed by atoms with Crippen LogP contribution in [-0.4, -0.2) is 24.7 Å². The average molecular weight is 437 g/mol. The van der Waals surface area contributed by atoms with Crippen LogP contribution in [0.25, 0.3) is 0 Å². The molecule has 0 aliphatic heterocycles. The van der Waals surface area contributed by atoms with Gasteiger partial charge in [0, 0.05) is 0 Å². The number of aldehydes is 1. The molecule has 0 bridgehead atoms. The molecule has 24 heavy (non-hydrogen) atoms. The Kier molecular flexibility index (Phi) is 6.80. The molecule has 0 aliphatic carbocycles. The maximum absolute atomic E-state index is 11.1. The van der Waals surface area contributed by atoms with Gasteiger partial charge in [-0.3, -0.25) is 0 Å². The molecule has 1 nitrogen and oxygen atoms in total. The van der Waals surface area contributed by atoms with Crippen molar-refractivity contribution >= 4 is 28.2 Å². The standard InChI is InChI=1S/C7H5O.3C5H11.Sn/c8-6-7-4-2-1-3-5-7;3*1-5(2,3)4;/h2-6H;3*1H2,2-4H3;. The van der Waals surface area contributed by atoms with Gasteiger partial charge in [0.2, 0.25) is 0 Å². The van der Waals surface area contributed by atoms with E-state index in [1.54, 1.807) is 3.58 Å². The van der Waals surface area contributed by atoms with Crippen molar-refractivity contribution in [2.75, 3.05) is 0 Å². The molecule has 0 unspecified atom stereocenters. The first-order valence-corrected chi connectivity index (χ1v) is 16.7. The minimum atomic E-state index is -2.68. The molecule has 0 atom stereocenters. The Morgan fingerprint density at radius 3 is 1.29 bits per heavy atom. The van der Waals surface area contributed by atoms with Crippen LogP contribution >= 0.6 is 0 Å². The van der Waals surface area contributed by atoms with Crippen LogP contribution in [0, 0.1) is 16.2 Å². The molecule has 0 spiro atoms. The summed E-state index contributed by atoms with van der Waals surface area (Å²) in [6.07, 6.45) is 0.957. The number of carbonyl (C=O) groups excluding carboxylic acids is 1. The summed E-state index contributed by atoms with van der Waals surface area (Å²) in [5.74, 6) is 0. The molecule has 0 radical (unpaired) electrons. The van der Waals surface area contributed by atoms with E-state index in [0.29, 0.717) is 16.2 Å². The molecule has 0 amide bonds. The molecule has 0 saturated heterocycles. The number of hydrogen-bond acceptors (Lipinski definition) is 1. The van der Waals surface area contributed by atoms with E-state index < -0.39 is 18.4 Å². The van der Waals surface area contributed by atoms with E-state index in [0.717, 1.165) is 11.8 Å². The third-order valence-electron chi connectivity index (χ3n) is 4.27. The van der Waals surface area contributed by atoms with Crippen molar-refractivity contribution in [3.05, 3.63) is 29.8 Å². The van der Waals surface area contributed by atoms with E-state index in [1.807, 2.05) is 12.1 Å². The van der Waals surface area contributed by atoms with Crippen LogP contribution in [0.5, 0.6) is 0 Å². The van der Waals surface area contributed by atoms with Gasteiger partial charge in [0.25, 0.3) is 0 Å². The third kappa shape index (κ3) is 7.29. The minimum absolute atomic E-state index is 0.343. The molecule has 0 aromatic heterocycles. The normalized spacial score (nSPS) is 13.9. The van der Waals surface area contributed by atoms with Crippen LogP contribution in [0.1, 0.15) is 72.7 Å². The SMILES string of the molecule is CC(C)(C)[CH2][Sn]([CH2]C(C)(C)C)([CH2]C(C)(C)C)[c]1ccc(C=O)cc1. The summed E-state index contributed by atoms with van der Waals surface area (Å²) in [6.45, 7) is 21.5. The van der Waals surface area contributed by atoms with E-state index in [-0.39, 0.29) is 0 Å². The summed E-state index contributed by atoms with van der Waals surface area (Å²) in [6, 6.07) is 8.62. The first-order chi connectivity index (χ1) is 10.7. The van der Waals surface area contributed by atoms with Crippen molar-refractivity contribution in [2.45, 2.75) is 75.6 Å². The van der Waals surface area contributed by atoms with E-state index in [9.17, 15) is 4.79 Å². The van der Waals surface area contributed by atoms with Gasteiger partial charge in [-0.1, -0.05) is 0 Å². The van der Waals surface area contributed by atoms with E-state index in [1.165, 1.54) is 13.3 Å². The molecule has 0 fully saturated rings. The molecular weight excluding hydrogens is 399 g/mol. The van der Waals surface area contributed by atoms with Crippen molar-refractivity contribution in [1.82, 2.24) is 0 Å². The first kappa shape index (κ1) is 21.7. The van der Waals surface area contributed by atoms with Crippen molar-refractivity contribution in [3.63, 3.8) is 0 Å². The molecule has 0 aliphatic rings. The van der Waals surface area contributed by atoms with Crippen LogP contribution in [-0.2, 0) is 0 Å². The topological polar surface area (TPSA) is 17.1 Å². The van der Waals surface area contributed by atoms with Gasteiger partial charge in [-0.15, -0.1) is 0 Å². The van der Waals surface area contributed by atoms with Gasteiger partial charge in [0.15, 0.2) is 0 Å². The summed E-state index contributed by atoms with van der Waals surface area (Å²) < 4.78 is 5.67. The average Bonchev–Trinajstić information content (AvgIpc) is 2.32. The van der Waals surface area contributed by atoms with E-state index >= 15 is 0 Å². The Labute approximate surface area is 154 Å². The zero-order chi connectivity index (χ0) is 18.8. The Hall–Kier alpha value is -0.311. The number of rotatable bonds is 5. The van der Waals surface area contributed by atoms with Crippen LogP contribution in [0.4, 0.5) is 0 Å². The van der Waals surface area contributed by atoms with Crippen LogP contribution < -0.4 is 3.58 Å². The summed E-state index contributed by atoms with van der Waals surface area (Å²) in [7, 11) is 0. The Morgan fingerprint density at radius 1 is 0.708 bits per heavy atom. The van der Waals surface area contributed by atoms with Crippen molar-refractivity contribution in [1.29, 1.82) is 0 Å². The zero-order valence-corrected chi connectivity index (χ0v) is 20.3. The van der Waals surface area contributed by atoms with Crippen molar-refractivity contribution < 1.29 is 4.79 Å². The van der Waals surface area contributed by atoms with Crippen LogP contribution in [0.2, 0.25) is 13.3 Å². The maximum atomic E-state index is 11.1. The molecule has 0 saturated carbocycles. The van der Waals surface area contributed by atoms with Gasteiger partial charge in [0.05, 0.1) is 0 Å². The van der Waals surface area contributed by atoms with E-state index in [4.69, 9.17) is 0 Å². The first-order valence-electron chi connectivity index (χ1n) is 9.22. The Balaban J connectivity index is 3.49. The second kappa shape index (κ2) is 7.51. The molecular formula is C22H38OSn. The van der Waals surface area contributed by atoms with E-state index in [2.05, 4.69) is 74.4 Å². The molecule has 1 aromatic carbocycles. The summed E-state index contributed by atoms with van der Waals surface area (Å²) in [5, 5.41) is 0. The van der Waals surface area contributed by atoms with Crippen LogP contribution in [0.15, 0.2) is 24.3 Å². The second-order valence-electron chi connectivity index (χ2n) is 11.2. The third-order valence-corrected chi connectivity index (χ3v) is 23.6. The van der Waals surface area contributed by atoms with Gasteiger partial charge in [0.1, 0.15) is 0 Å². The molecule has 1 rings (SSSR count). The fourth-order valence-corrected chi connectivity index (χ4v) is 27.2. The number of carbonyl (C=O) groups is 1. The second-order valence-corrected chi connectivity index (χ2v) is 23.2. The molecule has 0 heterocycles. The summed E-state index contributed by atoms with van der Waals surface area (Å²) in [5.41, 5.74) is 1.82. The quantitative estimate of drug-likeness (QED) is 0.391. The predicted molar refractivity (Wildman–Crippen MR) is 110 cm³/mol. The summed E-state index contributed by atoms with van der Waals surface area (Å²) in [4.78, 5) is 11.1. The fourth-order valence-electron chi connectivity index (χ4n) is 4.45. The molecule has 1 aromatic rings. The monoisotopic (exact) mass is 438 g/mol. The molecule has 2 heteroatoms. The Bertz CT molecular complexity index is 495. The van der Waals surface area contributed by atoms with Gasteiger partial charge in [-0.25, -0.2) is 0 Å². The van der Waals surface area contributed by atoms with Crippen LogP contribution in [0.3, 0.4) is 0 Å². The van der Waals surface area contributed by atoms with Gasteiger partial charge >= 0.3 is 155 Å². The number of benzene rings is 1. The zero-order valence-electron chi connectivity index (χ0n) is 17.4. The fraction of sp³-hybridized carbons (Fsp3) is 0.682. The van der Waals surface area contributed by atoms with Gasteiger partial charge in [-0.2, -0.15) is 0 Å². The molecule has 136 valence electrons. The van der Waals surface area contributed by atoms with Crippen molar-refractivity contribution in [3.8, 4) is 0 Å². The predicted octanol–water partition coefficient (Wildman–Crippen LogP) is 6.29. The summed E-state index contributed by atoms with van der Waals surface area (Å²) >= 11 is -2.68. The van der Waals surface area contributed by atoms with Crippen molar-refractivity contribution in [2.24, 2.45) is 16.2 Å². The van der Waals surface area contributed by atoms with Gasteiger partial charge < -0.3 is 0 Å².